The van der Waals surface area contributed by atoms with Crippen LogP contribution in [0.1, 0.15) is 32.1 Å². The van der Waals surface area contributed by atoms with Gasteiger partial charge in [-0.2, -0.15) is 0 Å². The lowest BCUT2D eigenvalue weighted by atomic mass is 10.0. The molecule has 2 N–H and O–H groups in total. The van der Waals surface area contributed by atoms with Crippen LogP contribution in [-0.2, 0) is 4.79 Å². The minimum Gasteiger partial charge on any atom is -0.494 e. The van der Waals surface area contributed by atoms with Gasteiger partial charge in [-0.1, -0.05) is 22.4 Å². The maximum Gasteiger partial charge on any atom is 0.220 e. The second kappa shape index (κ2) is 8.39. The largest absolute Gasteiger partial charge is 0.494 e. The summed E-state index contributed by atoms with van der Waals surface area (Å²) in [6.45, 7) is 0.695. The van der Waals surface area contributed by atoms with E-state index in [2.05, 4.69) is 21.2 Å². The molecule has 1 amide bonds. The van der Waals surface area contributed by atoms with Crippen molar-refractivity contribution < 1.29 is 14.6 Å². The van der Waals surface area contributed by atoms with Crippen LogP contribution in [0.3, 0.4) is 0 Å². The van der Waals surface area contributed by atoms with Crippen LogP contribution in [0.5, 0.6) is 5.75 Å². The van der Waals surface area contributed by atoms with Crippen LogP contribution in [0.15, 0.2) is 28.7 Å². The number of hydrogen-bond acceptors (Lipinski definition) is 3. The third-order valence-corrected chi connectivity index (χ3v) is 4.40. The molecule has 116 valence electrons. The number of halogens is 1. The number of aliphatic hydroxyl groups excluding tert-OH is 1. The number of hydrogen-bond donors (Lipinski definition) is 2. The first-order valence-electron chi connectivity index (χ1n) is 7.47. The van der Waals surface area contributed by atoms with Gasteiger partial charge in [0.1, 0.15) is 5.75 Å². The van der Waals surface area contributed by atoms with Gasteiger partial charge in [-0.25, -0.2) is 0 Å². The number of nitrogens with one attached hydrogen (secondary N) is 1. The zero-order valence-electron chi connectivity index (χ0n) is 12.1. The van der Waals surface area contributed by atoms with Crippen molar-refractivity contribution in [3.63, 3.8) is 0 Å². The van der Waals surface area contributed by atoms with E-state index in [1.54, 1.807) is 0 Å². The van der Waals surface area contributed by atoms with Crippen molar-refractivity contribution in [2.24, 2.45) is 5.92 Å². The first kappa shape index (κ1) is 16.3. The van der Waals surface area contributed by atoms with Gasteiger partial charge in [-0.15, -0.1) is 0 Å². The van der Waals surface area contributed by atoms with Gasteiger partial charge in [0.15, 0.2) is 0 Å². The minimum atomic E-state index is 0.0553. The lowest BCUT2D eigenvalue weighted by Crippen LogP contribution is -2.38. The molecular weight excluding hydrogens is 334 g/mol. The Morgan fingerprint density at radius 1 is 1.33 bits per heavy atom. The molecule has 1 aromatic rings. The highest BCUT2D eigenvalue weighted by molar-refractivity contribution is 9.10. The summed E-state index contributed by atoms with van der Waals surface area (Å²) in [6.07, 6.45) is 4.23. The Labute approximate surface area is 134 Å². The molecule has 0 aliphatic heterocycles. The van der Waals surface area contributed by atoms with E-state index in [4.69, 9.17) is 4.74 Å². The zero-order chi connectivity index (χ0) is 15.1. The molecule has 2 unspecified atom stereocenters. The van der Waals surface area contributed by atoms with Crippen LogP contribution >= 0.6 is 15.9 Å². The average Bonchev–Trinajstić information content (AvgIpc) is 2.92. The quantitative estimate of drug-likeness (QED) is 0.739. The van der Waals surface area contributed by atoms with E-state index in [1.165, 1.54) is 0 Å². The molecule has 0 saturated heterocycles. The van der Waals surface area contributed by atoms with Crippen molar-refractivity contribution in [1.29, 1.82) is 0 Å². The SMILES string of the molecule is O=C(CCCOc1ccc(Br)cc1)NC1CCCC1CO. The van der Waals surface area contributed by atoms with Crippen LogP contribution in [-0.4, -0.2) is 30.3 Å². The predicted molar refractivity (Wildman–Crippen MR) is 85.2 cm³/mol. The standard InChI is InChI=1S/C16H22BrNO3/c17-13-6-8-14(9-7-13)21-10-2-5-16(20)18-15-4-1-3-12(15)11-19/h6-9,12,15,19H,1-5,10-11H2,(H,18,20). The molecule has 0 bridgehead atoms. The first-order valence-corrected chi connectivity index (χ1v) is 8.27. The Kier molecular flexibility index (Phi) is 6.51. The van der Waals surface area contributed by atoms with E-state index in [1.807, 2.05) is 24.3 Å². The molecule has 1 fully saturated rings. The highest BCUT2D eigenvalue weighted by Crippen LogP contribution is 2.25. The number of carbonyl (C=O) groups is 1. The number of benzene rings is 1. The van der Waals surface area contributed by atoms with Crippen molar-refractivity contribution in [3.05, 3.63) is 28.7 Å². The van der Waals surface area contributed by atoms with Crippen molar-refractivity contribution >= 4 is 21.8 Å². The van der Waals surface area contributed by atoms with E-state index < -0.39 is 0 Å². The summed E-state index contributed by atoms with van der Waals surface area (Å²) in [6, 6.07) is 7.80. The van der Waals surface area contributed by atoms with Crippen LogP contribution < -0.4 is 10.1 Å². The molecule has 1 aromatic carbocycles. The molecule has 5 heteroatoms. The third kappa shape index (κ3) is 5.32. The molecule has 0 heterocycles. The van der Waals surface area contributed by atoms with Crippen LogP contribution in [0.2, 0.25) is 0 Å². The van der Waals surface area contributed by atoms with Crippen LogP contribution in [0, 0.1) is 5.92 Å². The fourth-order valence-electron chi connectivity index (χ4n) is 2.68. The van der Waals surface area contributed by atoms with Crippen molar-refractivity contribution in [2.75, 3.05) is 13.2 Å². The molecule has 1 aliphatic rings. The van der Waals surface area contributed by atoms with E-state index in [0.29, 0.717) is 19.4 Å². The van der Waals surface area contributed by atoms with E-state index in [0.717, 1.165) is 29.5 Å². The number of rotatable bonds is 7. The second-order valence-corrected chi connectivity index (χ2v) is 6.37. The molecule has 1 saturated carbocycles. The maximum atomic E-state index is 11.9. The monoisotopic (exact) mass is 355 g/mol. The molecule has 4 nitrogen and oxygen atoms in total. The number of amides is 1. The summed E-state index contributed by atoms with van der Waals surface area (Å²) in [5.41, 5.74) is 0. The zero-order valence-corrected chi connectivity index (χ0v) is 13.6. The van der Waals surface area contributed by atoms with Crippen molar-refractivity contribution in [2.45, 2.75) is 38.1 Å². The van der Waals surface area contributed by atoms with Crippen molar-refractivity contribution in [1.82, 2.24) is 5.32 Å². The molecule has 0 aromatic heterocycles. The molecular formula is C16H22BrNO3. The predicted octanol–water partition coefficient (Wildman–Crippen LogP) is 2.89. The summed E-state index contributed by atoms with van der Waals surface area (Å²) < 4.78 is 6.60. The summed E-state index contributed by atoms with van der Waals surface area (Å²) in [4.78, 5) is 11.9. The van der Waals surface area contributed by atoms with Gasteiger partial charge in [0, 0.05) is 29.5 Å². The Balaban J connectivity index is 1.62. The number of aliphatic hydroxyl groups is 1. The Hall–Kier alpha value is -1.07. The summed E-state index contributed by atoms with van der Waals surface area (Å²) in [5, 5.41) is 12.3. The number of carbonyl (C=O) groups excluding carboxylic acids is 1. The molecule has 2 rings (SSSR count). The maximum absolute atomic E-state index is 11.9. The molecule has 1 aliphatic carbocycles. The second-order valence-electron chi connectivity index (χ2n) is 5.45. The number of ether oxygens (including phenoxy) is 1. The minimum absolute atomic E-state index is 0.0553. The lowest BCUT2D eigenvalue weighted by molar-refractivity contribution is -0.122. The van der Waals surface area contributed by atoms with Gasteiger partial charge >= 0.3 is 0 Å². The molecule has 0 spiro atoms. The Bertz CT molecular complexity index is 449. The highest BCUT2D eigenvalue weighted by Gasteiger charge is 2.27. The summed E-state index contributed by atoms with van der Waals surface area (Å²) in [7, 11) is 0. The fourth-order valence-corrected chi connectivity index (χ4v) is 2.94. The molecule has 2 atom stereocenters. The van der Waals surface area contributed by atoms with Gasteiger partial charge in [-0.3, -0.25) is 4.79 Å². The van der Waals surface area contributed by atoms with Crippen LogP contribution in [0.25, 0.3) is 0 Å². The third-order valence-electron chi connectivity index (χ3n) is 3.87. The fraction of sp³-hybridized carbons (Fsp3) is 0.562. The van der Waals surface area contributed by atoms with Crippen LogP contribution in [0.4, 0.5) is 0 Å². The van der Waals surface area contributed by atoms with Gasteiger partial charge < -0.3 is 15.2 Å². The Morgan fingerprint density at radius 2 is 2.10 bits per heavy atom. The first-order chi connectivity index (χ1) is 10.2. The summed E-state index contributed by atoms with van der Waals surface area (Å²) in [5.74, 6) is 1.10. The highest BCUT2D eigenvalue weighted by atomic mass is 79.9. The van der Waals surface area contributed by atoms with Gasteiger partial charge in [0.25, 0.3) is 0 Å². The van der Waals surface area contributed by atoms with E-state index in [-0.39, 0.29) is 24.5 Å². The molecule has 0 radical (unpaired) electrons. The normalized spacial score (nSPS) is 21.2. The molecule has 21 heavy (non-hydrogen) atoms. The average molecular weight is 356 g/mol. The van der Waals surface area contributed by atoms with Crippen molar-refractivity contribution in [3.8, 4) is 5.75 Å². The summed E-state index contributed by atoms with van der Waals surface area (Å²) >= 11 is 3.37. The topological polar surface area (TPSA) is 58.6 Å². The van der Waals surface area contributed by atoms with Gasteiger partial charge in [0.2, 0.25) is 5.91 Å². The van der Waals surface area contributed by atoms with Gasteiger partial charge in [-0.05, 0) is 43.5 Å². The smallest absolute Gasteiger partial charge is 0.220 e. The Morgan fingerprint density at radius 3 is 2.81 bits per heavy atom. The van der Waals surface area contributed by atoms with E-state index >= 15 is 0 Å². The lowest BCUT2D eigenvalue weighted by Gasteiger charge is -2.18. The van der Waals surface area contributed by atoms with E-state index in [9.17, 15) is 9.90 Å². The van der Waals surface area contributed by atoms with Gasteiger partial charge in [0.05, 0.1) is 6.61 Å².